The van der Waals surface area contributed by atoms with E-state index in [-0.39, 0.29) is 5.91 Å². The normalized spacial score (nSPS) is 14.0. The van der Waals surface area contributed by atoms with E-state index in [1.165, 1.54) is 0 Å². The molecule has 1 aromatic heterocycles. The standard InChI is InChI=1S/C19H26N6O2/c1-23(2)15-7-5-14(6-8-15)18(26)21-16-13-20-19(22-17(16)24(3)4)25-9-11-27-12-10-25/h5-8,13H,9-12H2,1-4H3,(H,21,26). The third kappa shape index (κ3) is 4.46. The quantitative estimate of drug-likeness (QED) is 0.859. The molecule has 8 nitrogen and oxygen atoms in total. The van der Waals surface area contributed by atoms with E-state index in [1.54, 1.807) is 6.20 Å². The summed E-state index contributed by atoms with van der Waals surface area (Å²) in [6.45, 7) is 2.86. The molecule has 1 fully saturated rings. The SMILES string of the molecule is CN(C)c1ccc(C(=O)Nc2cnc(N3CCOCC3)nc2N(C)C)cc1. The van der Waals surface area contributed by atoms with Crippen LogP contribution in [0.15, 0.2) is 30.5 Å². The van der Waals surface area contributed by atoms with Crippen LogP contribution in [0.25, 0.3) is 0 Å². The second kappa shape index (κ2) is 8.22. The third-order valence-electron chi connectivity index (χ3n) is 4.37. The topological polar surface area (TPSA) is 73.8 Å². The molecular formula is C19H26N6O2. The Kier molecular flexibility index (Phi) is 5.75. The van der Waals surface area contributed by atoms with Crippen LogP contribution >= 0.6 is 0 Å². The van der Waals surface area contributed by atoms with E-state index in [4.69, 9.17) is 4.74 Å². The first-order chi connectivity index (χ1) is 13.0. The van der Waals surface area contributed by atoms with Crippen molar-refractivity contribution in [3.8, 4) is 0 Å². The smallest absolute Gasteiger partial charge is 0.255 e. The lowest BCUT2D eigenvalue weighted by molar-refractivity contribution is 0.102. The molecule has 0 spiro atoms. The van der Waals surface area contributed by atoms with E-state index in [0.29, 0.717) is 36.2 Å². The number of anilines is 4. The first-order valence-electron chi connectivity index (χ1n) is 8.91. The van der Waals surface area contributed by atoms with Crippen LogP contribution in [0.3, 0.4) is 0 Å². The zero-order valence-corrected chi connectivity index (χ0v) is 16.3. The number of nitrogens with zero attached hydrogens (tertiary/aromatic N) is 5. The molecule has 0 radical (unpaired) electrons. The maximum Gasteiger partial charge on any atom is 0.255 e. The number of carbonyl (C=O) groups is 1. The fourth-order valence-electron chi connectivity index (χ4n) is 2.81. The van der Waals surface area contributed by atoms with Gasteiger partial charge in [0.05, 0.1) is 19.4 Å². The van der Waals surface area contributed by atoms with Gasteiger partial charge in [-0.2, -0.15) is 4.98 Å². The minimum atomic E-state index is -0.189. The first-order valence-corrected chi connectivity index (χ1v) is 8.91. The number of carbonyl (C=O) groups excluding carboxylic acids is 1. The van der Waals surface area contributed by atoms with Crippen LogP contribution in [0.2, 0.25) is 0 Å². The predicted molar refractivity (Wildman–Crippen MR) is 108 cm³/mol. The van der Waals surface area contributed by atoms with Crippen molar-refractivity contribution < 1.29 is 9.53 Å². The van der Waals surface area contributed by atoms with Crippen molar-refractivity contribution >= 4 is 29.0 Å². The average Bonchev–Trinajstić information content (AvgIpc) is 2.68. The Morgan fingerprint density at radius 3 is 2.33 bits per heavy atom. The first kappa shape index (κ1) is 18.9. The van der Waals surface area contributed by atoms with E-state index in [9.17, 15) is 4.79 Å². The Balaban J connectivity index is 1.79. The summed E-state index contributed by atoms with van der Waals surface area (Å²) in [6.07, 6.45) is 1.67. The average molecular weight is 370 g/mol. The lowest BCUT2D eigenvalue weighted by Crippen LogP contribution is -2.37. The summed E-state index contributed by atoms with van der Waals surface area (Å²) >= 11 is 0. The van der Waals surface area contributed by atoms with Gasteiger partial charge in [-0.3, -0.25) is 4.79 Å². The highest BCUT2D eigenvalue weighted by molar-refractivity contribution is 6.05. The molecule has 3 rings (SSSR count). The highest BCUT2D eigenvalue weighted by Gasteiger charge is 2.18. The summed E-state index contributed by atoms with van der Waals surface area (Å²) in [5.41, 5.74) is 2.21. The Morgan fingerprint density at radius 2 is 1.74 bits per heavy atom. The molecule has 0 unspecified atom stereocenters. The zero-order valence-electron chi connectivity index (χ0n) is 16.3. The van der Waals surface area contributed by atoms with Crippen molar-refractivity contribution in [3.05, 3.63) is 36.0 Å². The van der Waals surface area contributed by atoms with Crippen LogP contribution in [0.1, 0.15) is 10.4 Å². The molecule has 1 saturated heterocycles. The minimum absolute atomic E-state index is 0.189. The molecule has 0 atom stereocenters. The Labute approximate surface area is 159 Å². The number of benzene rings is 1. The summed E-state index contributed by atoms with van der Waals surface area (Å²) in [5.74, 6) is 1.13. The highest BCUT2D eigenvalue weighted by Crippen LogP contribution is 2.25. The maximum atomic E-state index is 12.6. The molecule has 27 heavy (non-hydrogen) atoms. The van der Waals surface area contributed by atoms with Crippen LogP contribution in [0, 0.1) is 0 Å². The number of hydrogen-bond donors (Lipinski definition) is 1. The summed E-state index contributed by atoms with van der Waals surface area (Å²) in [4.78, 5) is 27.7. The van der Waals surface area contributed by atoms with Gasteiger partial charge in [0.25, 0.3) is 5.91 Å². The van der Waals surface area contributed by atoms with Gasteiger partial charge in [0.2, 0.25) is 5.95 Å². The Hall–Kier alpha value is -2.87. The van der Waals surface area contributed by atoms with Crippen LogP contribution in [-0.4, -0.2) is 70.4 Å². The van der Waals surface area contributed by atoms with E-state index < -0.39 is 0 Å². The molecular weight excluding hydrogens is 344 g/mol. The molecule has 2 heterocycles. The number of rotatable bonds is 5. The molecule has 1 N–H and O–H groups in total. The fourth-order valence-corrected chi connectivity index (χ4v) is 2.81. The monoisotopic (exact) mass is 370 g/mol. The second-order valence-electron chi connectivity index (χ2n) is 6.80. The number of aromatic nitrogens is 2. The van der Waals surface area contributed by atoms with Crippen molar-refractivity contribution in [2.24, 2.45) is 0 Å². The molecule has 0 aliphatic carbocycles. The molecule has 1 aromatic carbocycles. The molecule has 0 saturated carbocycles. The fraction of sp³-hybridized carbons (Fsp3) is 0.421. The lowest BCUT2D eigenvalue weighted by Gasteiger charge is -2.28. The summed E-state index contributed by atoms with van der Waals surface area (Å²) in [5, 5.41) is 2.92. The van der Waals surface area contributed by atoms with E-state index >= 15 is 0 Å². The van der Waals surface area contributed by atoms with Gasteiger partial charge in [-0.05, 0) is 24.3 Å². The van der Waals surface area contributed by atoms with Crippen LogP contribution < -0.4 is 20.0 Å². The van der Waals surface area contributed by atoms with Crippen molar-refractivity contribution in [1.82, 2.24) is 9.97 Å². The van der Waals surface area contributed by atoms with Gasteiger partial charge < -0.3 is 24.8 Å². The summed E-state index contributed by atoms with van der Waals surface area (Å²) < 4.78 is 5.38. The van der Waals surface area contributed by atoms with Gasteiger partial charge in [0.15, 0.2) is 5.82 Å². The Bertz CT molecular complexity index is 785. The number of morpholine rings is 1. The number of nitrogens with one attached hydrogen (secondary N) is 1. The second-order valence-corrected chi connectivity index (χ2v) is 6.80. The van der Waals surface area contributed by atoms with E-state index in [0.717, 1.165) is 18.8 Å². The van der Waals surface area contributed by atoms with Crippen molar-refractivity contribution in [1.29, 1.82) is 0 Å². The van der Waals surface area contributed by atoms with Crippen molar-refractivity contribution in [2.45, 2.75) is 0 Å². The molecule has 1 amide bonds. The largest absolute Gasteiger partial charge is 0.378 e. The van der Waals surface area contributed by atoms with Gasteiger partial charge >= 0.3 is 0 Å². The third-order valence-corrected chi connectivity index (χ3v) is 4.37. The molecule has 1 aliphatic rings. The van der Waals surface area contributed by atoms with Gasteiger partial charge in [-0.1, -0.05) is 0 Å². The van der Waals surface area contributed by atoms with E-state index in [2.05, 4.69) is 20.2 Å². The van der Waals surface area contributed by atoms with E-state index in [1.807, 2.05) is 62.3 Å². The molecule has 1 aliphatic heterocycles. The predicted octanol–water partition coefficient (Wildman–Crippen LogP) is 1.70. The summed E-state index contributed by atoms with van der Waals surface area (Å²) in [6, 6.07) is 7.45. The molecule has 2 aromatic rings. The molecule has 144 valence electrons. The van der Waals surface area contributed by atoms with Crippen LogP contribution in [-0.2, 0) is 4.74 Å². The van der Waals surface area contributed by atoms with Gasteiger partial charge in [0.1, 0.15) is 5.69 Å². The zero-order chi connectivity index (χ0) is 19.4. The lowest BCUT2D eigenvalue weighted by atomic mass is 10.2. The number of ether oxygens (including phenoxy) is 1. The van der Waals surface area contributed by atoms with Gasteiger partial charge in [0, 0.05) is 52.5 Å². The van der Waals surface area contributed by atoms with Crippen LogP contribution in [0.5, 0.6) is 0 Å². The number of amides is 1. The maximum absolute atomic E-state index is 12.6. The van der Waals surface area contributed by atoms with Gasteiger partial charge in [-0.25, -0.2) is 4.98 Å². The molecule has 8 heteroatoms. The van der Waals surface area contributed by atoms with Gasteiger partial charge in [-0.15, -0.1) is 0 Å². The highest BCUT2D eigenvalue weighted by atomic mass is 16.5. The Morgan fingerprint density at radius 1 is 1.07 bits per heavy atom. The number of hydrogen-bond acceptors (Lipinski definition) is 7. The molecule has 0 bridgehead atoms. The van der Waals surface area contributed by atoms with Crippen molar-refractivity contribution in [3.63, 3.8) is 0 Å². The minimum Gasteiger partial charge on any atom is -0.378 e. The summed E-state index contributed by atoms with van der Waals surface area (Å²) in [7, 11) is 7.72. The van der Waals surface area contributed by atoms with Crippen LogP contribution in [0.4, 0.5) is 23.1 Å². The van der Waals surface area contributed by atoms with Crippen molar-refractivity contribution in [2.75, 3.05) is 74.5 Å².